The molecule has 0 heterocycles. The molecule has 6 nitrogen and oxygen atoms in total. The number of unbranched alkanes of at least 4 members (excludes halogenated alkanes) is 12. The van der Waals surface area contributed by atoms with E-state index in [2.05, 4.69) is 215 Å². The fraction of sp³-hybridized carbons (Fsp3) is 0.533. The van der Waals surface area contributed by atoms with Crippen LogP contribution in [0.3, 0.4) is 0 Å². The molecule has 0 radical (unpaired) electrons. The molecule has 6 heteroatoms. The number of allylic oxidation sites excluding steroid dienone is 32. The minimum Gasteiger partial charge on any atom is -0.462 e. The van der Waals surface area contributed by atoms with Crippen molar-refractivity contribution in [2.24, 2.45) is 0 Å². The third-order valence-corrected chi connectivity index (χ3v) is 12.6. The molecule has 0 bridgehead atoms. The number of carbonyl (C=O) groups excluding carboxylic acids is 3. The van der Waals surface area contributed by atoms with Gasteiger partial charge in [0.25, 0.3) is 0 Å². The van der Waals surface area contributed by atoms with Gasteiger partial charge in [0.05, 0.1) is 0 Å². The van der Waals surface area contributed by atoms with Crippen LogP contribution in [0.5, 0.6) is 0 Å². The summed E-state index contributed by atoms with van der Waals surface area (Å²) in [6.07, 6.45) is 102. The van der Waals surface area contributed by atoms with E-state index in [1.807, 2.05) is 0 Å². The Morgan fingerprint density at radius 2 is 0.444 bits per heavy atom. The Kier molecular flexibility index (Phi) is 62.0. The molecule has 0 fully saturated rings. The zero-order valence-corrected chi connectivity index (χ0v) is 51.5. The molecule has 0 N–H and O–H groups in total. The van der Waals surface area contributed by atoms with Crippen molar-refractivity contribution in [3.8, 4) is 0 Å². The molecule has 1 unspecified atom stereocenters. The van der Waals surface area contributed by atoms with Crippen LogP contribution in [0.4, 0.5) is 0 Å². The summed E-state index contributed by atoms with van der Waals surface area (Å²) in [5.41, 5.74) is 0. The lowest BCUT2D eigenvalue weighted by atomic mass is 10.1. The Labute approximate surface area is 497 Å². The monoisotopic (exact) mass is 1110 g/mol. The Hall–Kier alpha value is -5.75. The van der Waals surface area contributed by atoms with E-state index >= 15 is 0 Å². The molecule has 0 amide bonds. The highest BCUT2D eigenvalue weighted by Crippen LogP contribution is 2.13. The van der Waals surface area contributed by atoms with Crippen molar-refractivity contribution < 1.29 is 28.6 Å². The first-order valence-electron chi connectivity index (χ1n) is 31.9. The second-order valence-electron chi connectivity index (χ2n) is 20.2. The van der Waals surface area contributed by atoms with Gasteiger partial charge in [-0.05, 0) is 161 Å². The molecule has 0 aliphatic carbocycles. The van der Waals surface area contributed by atoms with Crippen LogP contribution in [-0.2, 0) is 28.6 Å². The molecule has 0 rings (SSSR count). The fourth-order valence-electron chi connectivity index (χ4n) is 7.91. The van der Waals surface area contributed by atoms with Crippen molar-refractivity contribution in [2.45, 2.75) is 245 Å². The van der Waals surface area contributed by atoms with E-state index in [-0.39, 0.29) is 37.5 Å². The van der Waals surface area contributed by atoms with Gasteiger partial charge in [-0.15, -0.1) is 0 Å². The Morgan fingerprint density at radius 3 is 0.704 bits per heavy atom. The van der Waals surface area contributed by atoms with Crippen LogP contribution in [0.15, 0.2) is 194 Å². The van der Waals surface area contributed by atoms with Gasteiger partial charge in [-0.1, -0.05) is 254 Å². The SMILES string of the molecule is CC/C=C\C/C=C\C/C=C\C/C=C\C/C=C\C/C=C\C/C=C\C/C=C\C/C=C\C/C=C\CCCCCCC(=O)OCC(COC(=O)CCCCC/C=C\C/C=C\C/C=C\CC)OC(=O)CCCCCCC/C=C\C/C=C\C/C=C\CC. The highest BCUT2D eigenvalue weighted by Gasteiger charge is 2.19. The van der Waals surface area contributed by atoms with Gasteiger partial charge in [0.1, 0.15) is 13.2 Å². The van der Waals surface area contributed by atoms with E-state index in [9.17, 15) is 14.4 Å². The van der Waals surface area contributed by atoms with Crippen LogP contribution in [0.25, 0.3) is 0 Å². The van der Waals surface area contributed by atoms with E-state index in [4.69, 9.17) is 14.2 Å². The summed E-state index contributed by atoms with van der Waals surface area (Å²) in [6.45, 7) is 6.21. The third kappa shape index (κ3) is 64.9. The van der Waals surface area contributed by atoms with Gasteiger partial charge in [0.15, 0.2) is 6.10 Å². The lowest BCUT2D eigenvalue weighted by Gasteiger charge is -2.18. The van der Waals surface area contributed by atoms with Crippen molar-refractivity contribution >= 4 is 17.9 Å². The number of rotatable bonds is 55. The van der Waals surface area contributed by atoms with Crippen molar-refractivity contribution in [2.75, 3.05) is 13.2 Å². The summed E-state index contributed by atoms with van der Waals surface area (Å²) < 4.78 is 16.8. The topological polar surface area (TPSA) is 78.9 Å². The predicted molar refractivity (Wildman–Crippen MR) is 352 cm³/mol. The number of carbonyl (C=O) groups is 3. The maximum Gasteiger partial charge on any atom is 0.306 e. The maximum atomic E-state index is 12.9. The Balaban J connectivity index is 4.37. The highest BCUT2D eigenvalue weighted by atomic mass is 16.6. The van der Waals surface area contributed by atoms with E-state index in [1.165, 1.54) is 0 Å². The van der Waals surface area contributed by atoms with Crippen LogP contribution < -0.4 is 0 Å². The molecule has 81 heavy (non-hydrogen) atoms. The lowest BCUT2D eigenvalue weighted by Crippen LogP contribution is -2.30. The van der Waals surface area contributed by atoms with Crippen molar-refractivity contribution in [1.29, 1.82) is 0 Å². The van der Waals surface area contributed by atoms with Gasteiger partial charge >= 0.3 is 17.9 Å². The maximum absolute atomic E-state index is 12.9. The first-order valence-corrected chi connectivity index (χ1v) is 31.9. The number of ether oxygens (including phenoxy) is 3. The molecular formula is C75H114O6. The predicted octanol–water partition coefficient (Wildman–Crippen LogP) is 22.2. The first kappa shape index (κ1) is 75.2. The molecule has 0 aromatic carbocycles. The summed E-state index contributed by atoms with van der Waals surface area (Å²) in [5.74, 6) is -0.998. The summed E-state index contributed by atoms with van der Waals surface area (Å²) in [6, 6.07) is 0. The van der Waals surface area contributed by atoms with E-state index < -0.39 is 6.10 Å². The quantitative estimate of drug-likeness (QED) is 0.0261. The molecule has 450 valence electrons. The Bertz CT molecular complexity index is 1950. The second-order valence-corrected chi connectivity index (χ2v) is 20.2. The van der Waals surface area contributed by atoms with E-state index in [1.54, 1.807) is 0 Å². The molecule has 0 saturated carbocycles. The Morgan fingerprint density at radius 1 is 0.247 bits per heavy atom. The standard InChI is InChI=1S/C75H114O6/c1-4-7-10-13-16-19-22-25-27-28-29-30-31-32-33-34-35-36-37-38-39-40-41-42-43-44-45-46-48-50-53-56-59-62-65-68-74(77)80-71-72(70-79-73(76)67-64-61-58-55-52-49-24-21-18-15-12-9-6-3)81-75(78)69-66-63-60-57-54-51-47-26-23-20-17-14-11-8-5-2/h7-12,16-21,25-27,29-30,32-33,35-36,38-39,41-42,44-45,47-50,52,72H,4-6,13-15,22-24,28,31,34,37,40,43,46,51,53-71H2,1-3H3/b10-7-,11-8-,12-9-,19-16-,20-17-,21-18-,27-25-,30-29-,33-32-,36-35-,39-38-,42-41-,45-44-,47-26-,50-48-,52-49-. The second kappa shape index (κ2) is 66.8. The van der Waals surface area contributed by atoms with E-state index in [0.29, 0.717) is 12.8 Å². The largest absolute Gasteiger partial charge is 0.462 e. The summed E-state index contributed by atoms with van der Waals surface area (Å²) in [5, 5.41) is 0. The van der Waals surface area contributed by atoms with Crippen LogP contribution in [0.1, 0.15) is 239 Å². The zero-order valence-electron chi connectivity index (χ0n) is 51.5. The molecule has 0 aromatic rings. The average molecular weight is 1110 g/mol. The molecule has 0 spiro atoms. The van der Waals surface area contributed by atoms with E-state index in [0.717, 1.165) is 199 Å². The van der Waals surface area contributed by atoms with Gasteiger partial charge in [0.2, 0.25) is 0 Å². The van der Waals surface area contributed by atoms with Crippen LogP contribution >= 0.6 is 0 Å². The summed E-state index contributed by atoms with van der Waals surface area (Å²) in [4.78, 5) is 38.2. The van der Waals surface area contributed by atoms with Crippen molar-refractivity contribution in [3.05, 3.63) is 194 Å². The number of hydrogen-bond donors (Lipinski definition) is 0. The fourth-order valence-corrected chi connectivity index (χ4v) is 7.91. The smallest absolute Gasteiger partial charge is 0.306 e. The van der Waals surface area contributed by atoms with Gasteiger partial charge in [-0.2, -0.15) is 0 Å². The molecule has 0 aliphatic rings. The number of hydrogen-bond acceptors (Lipinski definition) is 6. The van der Waals surface area contributed by atoms with Gasteiger partial charge < -0.3 is 14.2 Å². The third-order valence-electron chi connectivity index (χ3n) is 12.6. The summed E-state index contributed by atoms with van der Waals surface area (Å²) in [7, 11) is 0. The minimum absolute atomic E-state index is 0.118. The molecular weight excluding hydrogens is 997 g/mol. The average Bonchev–Trinajstić information content (AvgIpc) is 3.46. The van der Waals surface area contributed by atoms with Crippen molar-refractivity contribution in [1.82, 2.24) is 0 Å². The normalized spacial score (nSPS) is 13.5. The van der Waals surface area contributed by atoms with Crippen LogP contribution in [0.2, 0.25) is 0 Å². The first-order chi connectivity index (χ1) is 40.0. The highest BCUT2D eigenvalue weighted by molar-refractivity contribution is 5.71. The molecule has 1 atom stereocenters. The molecule has 0 aliphatic heterocycles. The lowest BCUT2D eigenvalue weighted by molar-refractivity contribution is -0.167. The van der Waals surface area contributed by atoms with Gasteiger partial charge in [-0.25, -0.2) is 0 Å². The van der Waals surface area contributed by atoms with Gasteiger partial charge in [-0.3, -0.25) is 14.4 Å². The molecule has 0 aromatic heterocycles. The van der Waals surface area contributed by atoms with Crippen LogP contribution in [-0.4, -0.2) is 37.2 Å². The van der Waals surface area contributed by atoms with Gasteiger partial charge in [0, 0.05) is 19.3 Å². The van der Waals surface area contributed by atoms with Crippen molar-refractivity contribution in [3.63, 3.8) is 0 Å². The zero-order chi connectivity index (χ0) is 58.5. The van der Waals surface area contributed by atoms with Crippen LogP contribution in [0, 0.1) is 0 Å². The molecule has 0 saturated heterocycles. The summed E-state index contributed by atoms with van der Waals surface area (Å²) >= 11 is 0. The minimum atomic E-state index is -0.821. The number of esters is 3.